The second-order valence-corrected chi connectivity index (χ2v) is 16.2. The Labute approximate surface area is 322 Å². The number of carboxylic acid groups (broad SMARTS) is 2. The van der Waals surface area contributed by atoms with Gasteiger partial charge in [0.2, 0.25) is 11.8 Å². The van der Waals surface area contributed by atoms with Gasteiger partial charge in [-0.05, 0) is 50.0 Å². The van der Waals surface area contributed by atoms with Gasteiger partial charge in [0, 0.05) is 60.8 Å². The third kappa shape index (κ3) is 28.7. The van der Waals surface area contributed by atoms with Crippen LogP contribution in [-0.2, 0) is 35.3 Å². The quantitative estimate of drug-likeness (QED) is 0.0371. The Hall–Kier alpha value is -2.83. The van der Waals surface area contributed by atoms with E-state index in [9.17, 15) is 24.0 Å². The first-order valence-corrected chi connectivity index (χ1v) is 21.9. The number of hydrogen-bond acceptors (Lipinski definition) is 10. The summed E-state index contributed by atoms with van der Waals surface area (Å²) in [4.78, 5) is 63.9. The molecule has 52 heavy (non-hydrogen) atoms. The van der Waals surface area contributed by atoms with Crippen LogP contribution in [0.5, 0.6) is 0 Å². The van der Waals surface area contributed by atoms with E-state index in [0.717, 1.165) is 37.9 Å². The molecule has 1 aromatic rings. The van der Waals surface area contributed by atoms with Gasteiger partial charge in [0.05, 0.1) is 25.6 Å². The summed E-state index contributed by atoms with van der Waals surface area (Å²) in [6.45, 7) is 3.46. The fraction of sp³-hybridized carbons (Fsp3) is 0.730. The van der Waals surface area contributed by atoms with Crippen molar-refractivity contribution in [3.05, 3.63) is 18.7 Å². The minimum atomic E-state index is -0.837. The third-order valence-electron chi connectivity index (χ3n) is 7.83. The molecule has 1 aromatic heterocycles. The highest BCUT2D eigenvalue weighted by Crippen LogP contribution is 2.24. The first-order chi connectivity index (χ1) is 25.2. The second-order valence-electron chi connectivity index (χ2n) is 12.3. The van der Waals surface area contributed by atoms with Gasteiger partial charge in [-0.15, -0.1) is 0 Å². The summed E-state index contributed by atoms with van der Waals surface area (Å²) >= 11 is 4.73. The third-order valence-corrected chi connectivity index (χ3v) is 11.3. The molecule has 15 heteroatoms. The summed E-state index contributed by atoms with van der Waals surface area (Å²) < 4.78 is 7.15. The Bertz CT molecular complexity index is 1190. The van der Waals surface area contributed by atoms with E-state index in [0.29, 0.717) is 55.4 Å². The molecule has 0 saturated heterocycles. The number of nitrogens with one attached hydrogen (secondary N) is 2. The molecule has 2 amide bonds. The molecule has 0 bridgehead atoms. The second kappa shape index (κ2) is 32.8. The van der Waals surface area contributed by atoms with Crippen molar-refractivity contribution in [3.8, 4) is 11.8 Å². The molecule has 0 aliphatic rings. The lowest BCUT2D eigenvalue weighted by atomic mass is 10.1. The fourth-order valence-electron chi connectivity index (χ4n) is 4.91. The maximum absolute atomic E-state index is 13.1. The standard InChI is InChI=1S/C37H60N4O8S3/c1-2-3-4-5-6-7-8-11-24-49-36(47)19-28-51-26-16-32(37(48)39-20-12-22-41-23-21-38-30-41)40-33(42)14-10-9-13-31(52-29-18-35(45)46)15-25-50-27-17-34(43)44/h21,23,30-32H,2-7,9-10,12-20,22,24-29H2,1H3,(H,39,48)(H,40,42)(H,43,44)(H,45,46). The summed E-state index contributed by atoms with van der Waals surface area (Å²) in [6, 6.07) is -0.695. The van der Waals surface area contributed by atoms with Crippen molar-refractivity contribution < 1.29 is 38.9 Å². The van der Waals surface area contributed by atoms with Crippen LogP contribution in [0.4, 0.5) is 0 Å². The van der Waals surface area contributed by atoms with Crippen molar-refractivity contribution in [1.82, 2.24) is 20.2 Å². The molecule has 4 N–H and O–H groups in total. The zero-order chi connectivity index (χ0) is 38.1. The summed E-state index contributed by atoms with van der Waals surface area (Å²) in [7, 11) is 0. The molecule has 0 spiro atoms. The largest absolute Gasteiger partial charge is 0.481 e. The van der Waals surface area contributed by atoms with E-state index in [1.54, 1.807) is 36.0 Å². The normalized spacial score (nSPS) is 11.9. The number of ether oxygens (including phenoxy) is 1. The van der Waals surface area contributed by atoms with Crippen LogP contribution in [0.2, 0.25) is 0 Å². The first kappa shape index (κ1) is 47.2. The molecular weight excluding hydrogens is 725 g/mol. The Morgan fingerprint density at radius 2 is 1.54 bits per heavy atom. The van der Waals surface area contributed by atoms with Crippen molar-refractivity contribution >= 4 is 65.0 Å². The first-order valence-electron chi connectivity index (χ1n) is 18.6. The predicted molar refractivity (Wildman–Crippen MR) is 212 cm³/mol. The average molecular weight is 785 g/mol. The number of carboxylic acids is 2. The number of carbonyl (C=O) groups is 5. The summed E-state index contributed by atoms with van der Waals surface area (Å²) in [5.74, 6) is 6.54. The minimum absolute atomic E-state index is 0.0830. The summed E-state index contributed by atoms with van der Waals surface area (Å²) in [5.41, 5.74) is 0. The SMILES string of the molecule is CCCCCCCC#CCOC(=O)CCSCCC(NC(=O)CCCCC(CCSCCC(=O)O)SCCC(=O)O)C(=O)NCCCn1ccnc1. The number of amides is 2. The molecule has 294 valence electrons. The summed E-state index contributed by atoms with van der Waals surface area (Å²) in [6.07, 6.45) is 17.0. The smallest absolute Gasteiger partial charge is 0.307 e. The highest BCUT2D eigenvalue weighted by atomic mass is 32.2. The molecule has 0 aliphatic carbocycles. The molecule has 0 saturated carbocycles. The van der Waals surface area contributed by atoms with Crippen molar-refractivity contribution in [2.24, 2.45) is 0 Å². The van der Waals surface area contributed by atoms with E-state index in [-0.39, 0.29) is 55.3 Å². The number of rotatable bonds is 33. The van der Waals surface area contributed by atoms with E-state index >= 15 is 0 Å². The molecule has 0 fully saturated rings. The minimum Gasteiger partial charge on any atom is -0.481 e. The monoisotopic (exact) mass is 784 g/mol. The van der Waals surface area contributed by atoms with E-state index < -0.39 is 18.0 Å². The Morgan fingerprint density at radius 1 is 0.808 bits per heavy atom. The molecule has 2 atom stereocenters. The topological polar surface area (TPSA) is 177 Å². The zero-order valence-corrected chi connectivity index (χ0v) is 33.3. The van der Waals surface area contributed by atoms with Crippen molar-refractivity contribution in [2.75, 3.05) is 41.9 Å². The average Bonchev–Trinajstić information content (AvgIpc) is 3.63. The number of imidazole rings is 1. The number of thioether (sulfide) groups is 3. The molecule has 0 aromatic carbocycles. The molecule has 2 unspecified atom stereocenters. The number of aryl methyl sites for hydroxylation is 1. The van der Waals surface area contributed by atoms with Crippen molar-refractivity contribution in [3.63, 3.8) is 0 Å². The van der Waals surface area contributed by atoms with E-state index in [1.165, 1.54) is 37.4 Å². The van der Waals surface area contributed by atoms with Gasteiger partial charge in [-0.1, -0.05) is 50.9 Å². The number of hydrogen-bond donors (Lipinski definition) is 4. The molecule has 12 nitrogen and oxygen atoms in total. The Morgan fingerprint density at radius 3 is 2.27 bits per heavy atom. The van der Waals surface area contributed by atoms with Crippen molar-refractivity contribution in [2.45, 2.75) is 127 Å². The van der Waals surface area contributed by atoms with Crippen LogP contribution in [0, 0.1) is 11.8 Å². The van der Waals surface area contributed by atoms with E-state index in [2.05, 4.69) is 34.4 Å². The number of esters is 1. The maximum atomic E-state index is 13.1. The van der Waals surface area contributed by atoms with Gasteiger partial charge in [0.25, 0.3) is 0 Å². The van der Waals surface area contributed by atoms with Gasteiger partial charge < -0.3 is 30.2 Å². The lowest BCUT2D eigenvalue weighted by molar-refractivity contribution is -0.141. The number of aromatic nitrogens is 2. The van der Waals surface area contributed by atoms with E-state index in [1.807, 2.05) is 10.8 Å². The molecule has 0 aliphatic heterocycles. The zero-order valence-electron chi connectivity index (χ0n) is 30.8. The van der Waals surface area contributed by atoms with Gasteiger partial charge >= 0.3 is 17.9 Å². The van der Waals surface area contributed by atoms with Gasteiger partial charge in [0.15, 0.2) is 6.61 Å². The molecule has 1 heterocycles. The highest BCUT2D eigenvalue weighted by molar-refractivity contribution is 8.00. The fourth-order valence-corrected chi connectivity index (χ4v) is 8.20. The number of carbonyl (C=O) groups excluding carboxylic acids is 3. The maximum Gasteiger partial charge on any atom is 0.307 e. The van der Waals surface area contributed by atoms with Crippen LogP contribution in [0.25, 0.3) is 0 Å². The highest BCUT2D eigenvalue weighted by Gasteiger charge is 2.20. The summed E-state index contributed by atoms with van der Waals surface area (Å²) in [5, 5.41) is 23.9. The van der Waals surface area contributed by atoms with Crippen LogP contribution < -0.4 is 10.6 Å². The number of aliphatic carboxylic acids is 2. The lowest BCUT2D eigenvalue weighted by Crippen LogP contribution is -2.47. The van der Waals surface area contributed by atoms with Gasteiger partial charge in [-0.3, -0.25) is 24.0 Å². The van der Waals surface area contributed by atoms with Gasteiger partial charge in [0.1, 0.15) is 6.04 Å². The lowest BCUT2D eigenvalue weighted by Gasteiger charge is -2.19. The van der Waals surface area contributed by atoms with Crippen LogP contribution in [0.3, 0.4) is 0 Å². The van der Waals surface area contributed by atoms with E-state index in [4.69, 9.17) is 14.9 Å². The molecule has 0 radical (unpaired) electrons. The van der Waals surface area contributed by atoms with Gasteiger partial charge in [-0.25, -0.2) is 4.98 Å². The number of unbranched alkanes of at least 4 members (excludes halogenated alkanes) is 6. The van der Waals surface area contributed by atoms with Crippen LogP contribution in [-0.4, -0.2) is 103 Å². The number of nitrogens with zero attached hydrogens (tertiary/aromatic N) is 2. The van der Waals surface area contributed by atoms with Crippen molar-refractivity contribution in [1.29, 1.82) is 0 Å². The van der Waals surface area contributed by atoms with Crippen LogP contribution in [0.15, 0.2) is 18.7 Å². The van der Waals surface area contributed by atoms with Crippen LogP contribution >= 0.6 is 35.3 Å². The molecular formula is C37H60N4O8S3. The Kier molecular flexibility index (Phi) is 29.8. The predicted octanol–water partition coefficient (Wildman–Crippen LogP) is 6.03. The van der Waals surface area contributed by atoms with Crippen LogP contribution in [0.1, 0.15) is 110 Å². The van der Waals surface area contributed by atoms with Gasteiger partial charge in [-0.2, -0.15) is 35.3 Å². The Balaban J connectivity index is 2.48. The molecule has 1 rings (SSSR count).